The molecule has 1 nitrogen and oxygen atoms in total. The number of hydrogen-bond acceptors (Lipinski definition) is 1. The van der Waals surface area contributed by atoms with Crippen molar-refractivity contribution in [1.82, 2.24) is 0 Å². The maximum absolute atomic E-state index is 8.65. The molecule has 1 heteroatoms. The predicted molar refractivity (Wildman–Crippen MR) is 95.6 cm³/mol. The molecule has 0 aliphatic carbocycles. The van der Waals surface area contributed by atoms with Gasteiger partial charge in [-0.15, -0.1) is 0 Å². The first-order valence-corrected chi connectivity index (χ1v) is 8.97. The Morgan fingerprint density at radius 3 is 1.62 bits per heavy atom. The van der Waals surface area contributed by atoms with Crippen molar-refractivity contribution in [3.8, 4) is 0 Å². The molecule has 0 bridgehead atoms. The smallest absolute Gasteiger partial charge is 0.0431 e. The number of unbranched alkanes of at least 4 members (excludes halogenated alkanes) is 8. The Hall–Kier alpha value is -0.820. The number of rotatable bonds is 15. The molecule has 0 saturated heterocycles. The van der Waals surface area contributed by atoms with Crippen LogP contribution in [0.5, 0.6) is 0 Å². The van der Waals surface area contributed by atoms with Crippen LogP contribution in [0.15, 0.2) is 36.5 Å². The third kappa shape index (κ3) is 19.2. The second-order valence-electron chi connectivity index (χ2n) is 5.66. The van der Waals surface area contributed by atoms with Crippen LogP contribution in [0.4, 0.5) is 0 Å². The largest absolute Gasteiger partial charge is 0.396 e. The number of allylic oxidation sites excluding steroid dienone is 6. The van der Waals surface area contributed by atoms with Gasteiger partial charge in [-0.2, -0.15) is 0 Å². The minimum atomic E-state index is 0.318. The molecular weight excluding hydrogens is 256 g/mol. The summed E-state index contributed by atoms with van der Waals surface area (Å²) < 4.78 is 0. The van der Waals surface area contributed by atoms with Crippen molar-refractivity contribution in [2.24, 2.45) is 0 Å². The molecule has 1 N–H and O–H groups in total. The van der Waals surface area contributed by atoms with Gasteiger partial charge in [0.1, 0.15) is 0 Å². The van der Waals surface area contributed by atoms with Crippen LogP contribution in [0.2, 0.25) is 0 Å². The summed E-state index contributed by atoms with van der Waals surface area (Å²) in [5.41, 5.74) is 0. The molecule has 122 valence electrons. The minimum Gasteiger partial charge on any atom is -0.396 e. The Kier molecular flexibility index (Phi) is 18.4. The van der Waals surface area contributed by atoms with Crippen LogP contribution in [-0.4, -0.2) is 11.7 Å². The van der Waals surface area contributed by atoms with Crippen LogP contribution in [0, 0.1) is 0 Å². The van der Waals surface area contributed by atoms with Gasteiger partial charge in [-0.1, -0.05) is 75.5 Å². The molecule has 0 radical (unpaired) electrons. The fraction of sp³-hybridized carbons (Fsp3) is 0.700. The van der Waals surface area contributed by atoms with Gasteiger partial charge in [-0.3, -0.25) is 0 Å². The monoisotopic (exact) mass is 292 g/mol. The Labute approximate surface area is 132 Å². The van der Waals surface area contributed by atoms with Gasteiger partial charge in [-0.25, -0.2) is 0 Å². The van der Waals surface area contributed by atoms with Gasteiger partial charge in [0, 0.05) is 6.61 Å². The lowest BCUT2D eigenvalue weighted by Gasteiger charge is -1.97. The summed E-state index contributed by atoms with van der Waals surface area (Å²) in [7, 11) is 0. The van der Waals surface area contributed by atoms with E-state index in [0.29, 0.717) is 6.61 Å². The molecule has 0 amide bonds. The van der Waals surface area contributed by atoms with Crippen molar-refractivity contribution in [3.63, 3.8) is 0 Å². The van der Waals surface area contributed by atoms with E-state index in [-0.39, 0.29) is 0 Å². The van der Waals surface area contributed by atoms with Crippen molar-refractivity contribution in [2.75, 3.05) is 6.61 Å². The predicted octanol–water partition coefficient (Wildman–Crippen LogP) is 6.35. The Bertz CT molecular complexity index is 263. The summed E-state index contributed by atoms with van der Waals surface area (Å²) >= 11 is 0. The lowest BCUT2D eigenvalue weighted by Crippen LogP contribution is -1.79. The third-order valence-corrected chi connectivity index (χ3v) is 3.55. The zero-order valence-corrected chi connectivity index (χ0v) is 14.1. The van der Waals surface area contributed by atoms with Gasteiger partial charge < -0.3 is 5.11 Å². The zero-order chi connectivity index (χ0) is 15.4. The summed E-state index contributed by atoms with van der Waals surface area (Å²) in [4.78, 5) is 0. The summed E-state index contributed by atoms with van der Waals surface area (Å²) in [6.07, 6.45) is 28.3. The van der Waals surface area contributed by atoms with Crippen LogP contribution in [0.25, 0.3) is 0 Å². The molecule has 0 aromatic carbocycles. The van der Waals surface area contributed by atoms with Crippen LogP contribution >= 0.6 is 0 Å². The fourth-order valence-corrected chi connectivity index (χ4v) is 2.19. The first-order chi connectivity index (χ1) is 10.4. The topological polar surface area (TPSA) is 20.2 Å². The van der Waals surface area contributed by atoms with Gasteiger partial charge in [0.05, 0.1) is 0 Å². The molecule has 0 aliphatic rings. The van der Waals surface area contributed by atoms with E-state index in [2.05, 4.69) is 43.4 Å². The summed E-state index contributed by atoms with van der Waals surface area (Å²) in [6.45, 7) is 2.59. The first-order valence-electron chi connectivity index (χ1n) is 8.97. The minimum absolute atomic E-state index is 0.318. The summed E-state index contributed by atoms with van der Waals surface area (Å²) in [6, 6.07) is 0. The lowest BCUT2D eigenvalue weighted by atomic mass is 10.1. The van der Waals surface area contributed by atoms with Gasteiger partial charge >= 0.3 is 0 Å². The van der Waals surface area contributed by atoms with Crippen molar-refractivity contribution in [2.45, 2.75) is 84.0 Å². The zero-order valence-electron chi connectivity index (χ0n) is 14.1. The van der Waals surface area contributed by atoms with Gasteiger partial charge in [0.25, 0.3) is 0 Å². The highest BCUT2D eigenvalue weighted by Gasteiger charge is 1.87. The SMILES string of the molecule is CCCCCCCC/C=C\C/C=C\C/C=C\CCCCO. The fourth-order valence-electron chi connectivity index (χ4n) is 2.19. The van der Waals surface area contributed by atoms with E-state index >= 15 is 0 Å². The third-order valence-electron chi connectivity index (χ3n) is 3.55. The molecule has 0 heterocycles. The van der Waals surface area contributed by atoms with E-state index in [1.54, 1.807) is 0 Å². The van der Waals surface area contributed by atoms with Crippen molar-refractivity contribution in [3.05, 3.63) is 36.5 Å². The van der Waals surface area contributed by atoms with Crippen LogP contribution in [0.1, 0.15) is 84.0 Å². The van der Waals surface area contributed by atoms with Gasteiger partial charge in [0.2, 0.25) is 0 Å². The molecule has 0 rings (SSSR count). The summed E-state index contributed by atoms with van der Waals surface area (Å²) in [5.74, 6) is 0. The Morgan fingerprint density at radius 1 is 0.571 bits per heavy atom. The van der Waals surface area contributed by atoms with Crippen LogP contribution in [0.3, 0.4) is 0 Å². The molecule has 0 aromatic heterocycles. The average Bonchev–Trinajstić information content (AvgIpc) is 2.50. The van der Waals surface area contributed by atoms with E-state index in [4.69, 9.17) is 5.11 Å². The number of aliphatic hydroxyl groups is 1. The maximum atomic E-state index is 8.65. The second-order valence-corrected chi connectivity index (χ2v) is 5.66. The normalized spacial score (nSPS) is 12.3. The van der Waals surface area contributed by atoms with Crippen LogP contribution < -0.4 is 0 Å². The molecule has 0 unspecified atom stereocenters. The highest BCUT2D eigenvalue weighted by atomic mass is 16.2. The van der Waals surface area contributed by atoms with Crippen molar-refractivity contribution < 1.29 is 5.11 Å². The molecule has 0 aromatic rings. The molecule has 0 spiro atoms. The number of hydrogen-bond donors (Lipinski definition) is 1. The van der Waals surface area contributed by atoms with E-state index in [9.17, 15) is 0 Å². The highest BCUT2D eigenvalue weighted by Crippen LogP contribution is 2.07. The van der Waals surface area contributed by atoms with Gasteiger partial charge in [-0.05, 0) is 44.9 Å². The molecule has 0 aliphatic heterocycles. The van der Waals surface area contributed by atoms with Crippen molar-refractivity contribution >= 4 is 0 Å². The standard InChI is InChI=1S/C20H36O/c1-2-3-4-5-6-7-8-9-10-11-12-13-14-15-16-17-18-19-20-21/h9-10,12-13,15-16,21H,2-8,11,14,17-20H2,1H3/b10-9-,13-12-,16-15-. The van der Waals surface area contributed by atoms with E-state index < -0.39 is 0 Å². The van der Waals surface area contributed by atoms with E-state index in [1.807, 2.05) is 0 Å². The molecular formula is C20H36O. The lowest BCUT2D eigenvalue weighted by molar-refractivity contribution is 0.285. The average molecular weight is 293 g/mol. The Morgan fingerprint density at radius 2 is 1.05 bits per heavy atom. The van der Waals surface area contributed by atoms with Crippen molar-refractivity contribution in [1.29, 1.82) is 0 Å². The summed E-state index contributed by atoms with van der Waals surface area (Å²) in [5, 5.41) is 8.65. The maximum Gasteiger partial charge on any atom is 0.0431 e. The first kappa shape index (κ1) is 20.2. The Balaban J connectivity index is 3.24. The molecule has 0 atom stereocenters. The van der Waals surface area contributed by atoms with E-state index in [1.165, 1.54) is 44.9 Å². The highest BCUT2D eigenvalue weighted by molar-refractivity contribution is 4.97. The second kappa shape index (κ2) is 19.2. The van der Waals surface area contributed by atoms with E-state index in [0.717, 1.165) is 32.1 Å². The number of aliphatic hydroxyl groups excluding tert-OH is 1. The van der Waals surface area contributed by atoms with Crippen LogP contribution in [-0.2, 0) is 0 Å². The molecule has 0 fully saturated rings. The molecule has 21 heavy (non-hydrogen) atoms. The molecule has 0 saturated carbocycles. The quantitative estimate of drug-likeness (QED) is 0.275. The van der Waals surface area contributed by atoms with Gasteiger partial charge in [0.15, 0.2) is 0 Å².